The number of fused-ring (bicyclic) bond motifs is 8. The van der Waals surface area contributed by atoms with Crippen molar-refractivity contribution in [3.05, 3.63) is 402 Å². The van der Waals surface area contributed by atoms with Crippen LogP contribution in [-0.2, 0) is 25.7 Å². The summed E-state index contributed by atoms with van der Waals surface area (Å²) in [6.45, 7) is 0. The number of hydrogen-bond donors (Lipinski definition) is 0. The normalized spacial score (nSPS) is 11.5. The predicted molar refractivity (Wildman–Crippen MR) is 362 cm³/mol. The standard InChI is InChI=1S/C84H56O12/c85-73(53-25-9-1-10-26-53)61-41-65-49-67-43-62(74(86)54-27-11-2-12-28-54)45-69(78(67)94-82(90)58-35-19-6-20-36-58)51-71-47-64(76(88)56-31-15-4-16-32-56)48-72(80(71)96-84(92)60-39-23-8-24-40-60)52-70-46-63(75(87)55-29-13-3-14-30-55)44-68(79(70)95-83(91)59-37-21-7-22-38-59)50-66(42-61)77(65)93-81(89)57-33-17-5-18-34-57/h1-48H,49-52H2. The van der Waals surface area contributed by atoms with Crippen molar-refractivity contribution in [2.75, 3.05) is 0 Å². The van der Waals surface area contributed by atoms with E-state index in [0.717, 1.165) is 0 Å². The Kier molecular flexibility index (Phi) is 18.1. The maximum Gasteiger partial charge on any atom is 0.343 e. The first kappa shape index (κ1) is 62.0. The van der Waals surface area contributed by atoms with E-state index >= 15 is 19.2 Å². The summed E-state index contributed by atoms with van der Waals surface area (Å²) in [6, 6.07) is 80.2. The van der Waals surface area contributed by atoms with Gasteiger partial charge in [-0.05, 0) is 97.1 Å². The minimum atomic E-state index is -0.791. The molecule has 0 saturated heterocycles. The largest absolute Gasteiger partial charge is 0.422 e. The number of ether oxygens (including phenoxy) is 4. The number of benzene rings is 12. The summed E-state index contributed by atoms with van der Waals surface area (Å²) in [4.78, 5) is 121. The molecule has 0 N–H and O–H groups in total. The molecule has 0 heterocycles. The fourth-order valence-electron chi connectivity index (χ4n) is 11.9. The molecule has 464 valence electrons. The number of esters is 4. The van der Waals surface area contributed by atoms with Crippen LogP contribution in [0.5, 0.6) is 23.0 Å². The molecule has 0 saturated carbocycles. The van der Waals surface area contributed by atoms with E-state index in [0.29, 0.717) is 22.3 Å². The molecule has 12 aromatic rings. The molecule has 0 amide bonds. The van der Waals surface area contributed by atoms with Crippen molar-refractivity contribution in [1.82, 2.24) is 0 Å². The molecular weight excluding hydrogens is 1200 g/mol. The minimum absolute atomic E-state index is 0.0479. The second-order valence-electron chi connectivity index (χ2n) is 23.0. The highest BCUT2D eigenvalue weighted by atomic mass is 16.5. The van der Waals surface area contributed by atoms with Gasteiger partial charge in [-0.1, -0.05) is 194 Å². The Balaban J connectivity index is 1.17. The van der Waals surface area contributed by atoms with Crippen LogP contribution in [0.4, 0.5) is 0 Å². The first-order valence-corrected chi connectivity index (χ1v) is 31.0. The summed E-state index contributed by atoms with van der Waals surface area (Å²) in [5.74, 6) is -5.08. The molecule has 0 spiro atoms. The lowest BCUT2D eigenvalue weighted by atomic mass is 9.86. The average molecular weight is 1260 g/mol. The Morgan fingerprint density at radius 2 is 0.312 bits per heavy atom. The average Bonchev–Trinajstić information content (AvgIpc) is 0.771. The smallest absolute Gasteiger partial charge is 0.343 e. The maximum atomic E-state index is 15.3. The molecule has 12 heteroatoms. The molecule has 0 aromatic heterocycles. The van der Waals surface area contributed by atoms with Gasteiger partial charge >= 0.3 is 23.9 Å². The zero-order chi connectivity index (χ0) is 66.1. The fourth-order valence-corrected chi connectivity index (χ4v) is 11.9. The Bertz CT molecular complexity index is 4250. The van der Waals surface area contributed by atoms with E-state index in [1.165, 1.54) is 0 Å². The van der Waals surface area contributed by atoms with Crippen molar-refractivity contribution in [2.45, 2.75) is 25.7 Å². The quantitative estimate of drug-likeness (QED) is 0.0510. The molecule has 1 aliphatic rings. The van der Waals surface area contributed by atoms with Crippen LogP contribution in [0.2, 0.25) is 0 Å². The Morgan fingerprint density at radius 3 is 0.458 bits per heavy atom. The summed E-state index contributed by atoms with van der Waals surface area (Å²) in [6.07, 6.45) is -1.27. The van der Waals surface area contributed by atoms with Gasteiger partial charge < -0.3 is 18.9 Å². The fraction of sp³-hybridized carbons (Fsp3) is 0.0476. The molecule has 12 aromatic carbocycles. The van der Waals surface area contributed by atoms with Crippen LogP contribution < -0.4 is 18.9 Å². The highest BCUT2D eigenvalue weighted by Gasteiger charge is 2.31. The van der Waals surface area contributed by atoms with Crippen LogP contribution in [0.15, 0.2) is 291 Å². The molecule has 96 heavy (non-hydrogen) atoms. The summed E-state index contributed by atoms with van der Waals surface area (Å²) in [5.41, 5.74) is 4.02. The second-order valence-corrected chi connectivity index (χ2v) is 23.0. The molecule has 0 unspecified atom stereocenters. The van der Waals surface area contributed by atoms with Crippen molar-refractivity contribution in [2.24, 2.45) is 0 Å². The SMILES string of the molecule is O=C(Oc1c2cc(C(=O)c3ccccc3)cc1Cc1cc(C(=O)c3ccccc3)cc(c1OC(=O)c1ccccc1)Cc1cc(C(=O)c3ccccc3)cc(c1OC(=O)c1ccccc1)Cc1cc(C(=O)c3ccccc3)cc(c1OC(=O)c1ccccc1)C2)c1ccccc1. The van der Waals surface area contributed by atoms with Crippen LogP contribution in [0.25, 0.3) is 0 Å². The van der Waals surface area contributed by atoms with E-state index < -0.39 is 47.0 Å². The van der Waals surface area contributed by atoms with Gasteiger partial charge in [0, 0.05) is 115 Å². The van der Waals surface area contributed by atoms with Gasteiger partial charge in [0.25, 0.3) is 0 Å². The van der Waals surface area contributed by atoms with Gasteiger partial charge in [0.1, 0.15) is 23.0 Å². The van der Waals surface area contributed by atoms with Gasteiger partial charge in [0.15, 0.2) is 23.1 Å². The van der Waals surface area contributed by atoms with Crippen molar-refractivity contribution >= 4 is 47.0 Å². The van der Waals surface area contributed by atoms with Gasteiger partial charge in [-0.3, -0.25) is 19.2 Å². The van der Waals surface area contributed by atoms with Crippen LogP contribution in [0.3, 0.4) is 0 Å². The van der Waals surface area contributed by atoms with Gasteiger partial charge in [0.2, 0.25) is 0 Å². The highest BCUT2D eigenvalue weighted by Crippen LogP contribution is 2.43. The van der Waals surface area contributed by atoms with Crippen molar-refractivity contribution < 1.29 is 57.3 Å². The highest BCUT2D eigenvalue weighted by molar-refractivity contribution is 6.12. The lowest BCUT2D eigenvalue weighted by molar-refractivity contribution is 0.0722. The first-order valence-electron chi connectivity index (χ1n) is 31.0. The number of ketones is 4. The molecule has 8 bridgehead atoms. The topological polar surface area (TPSA) is 173 Å². The molecular formula is C84H56O12. The van der Waals surface area contributed by atoms with Gasteiger partial charge in [-0.15, -0.1) is 0 Å². The molecule has 0 aliphatic heterocycles. The molecule has 0 fully saturated rings. The summed E-state index contributed by atoms with van der Waals surface area (Å²) >= 11 is 0. The first-order chi connectivity index (χ1) is 46.9. The van der Waals surface area contributed by atoms with Crippen LogP contribution in [-0.4, -0.2) is 47.0 Å². The lowest BCUT2D eigenvalue weighted by Gasteiger charge is -2.24. The Labute approximate surface area is 552 Å². The molecule has 0 radical (unpaired) electrons. The van der Waals surface area contributed by atoms with E-state index in [-0.39, 0.29) is 138 Å². The van der Waals surface area contributed by atoms with Crippen molar-refractivity contribution in [1.29, 1.82) is 0 Å². The van der Waals surface area contributed by atoms with Crippen LogP contribution in [0.1, 0.15) is 150 Å². The predicted octanol–water partition coefficient (Wildman–Crippen LogP) is 16.2. The molecule has 12 nitrogen and oxygen atoms in total. The van der Waals surface area contributed by atoms with E-state index in [1.807, 2.05) is 0 Å². The maximum absolute atomic E-state index is 15.3. The zero-order valence-corrected chi connectivity index (χ0v) is 51.4. The van der Waals surface area contributed by atoms with Crippen LogP contribution in [0, 0.1) is 0 Å². The lowest BCUT2D eigenvalue weighted by Crippen LogP contribution is -2.18. The van der Waals surface area contributed by atoms with Crippen molar-refractivity contribution in [3.8, 4) is 23.0 Å². The summed E-state index contributed by atoms with van der Waals surface area (Å²) < 4.78 is 26.7. The number of rotatable bonds is 16. The monoisotopic (exact) mass is 1260 g/mol. The second kappa shape index (κ2) is 28.0. The van der Waals surface area contributed by atoms with E-state index in [9.17, 15) is 19.2 Å². The Hall–Kier alpha value is -12.8. The van der Waals surface area contributed by atoms with E-state index in [2.05, 4.69) is 0 Å². The minimum Gasteiger partial charge on any atom is -0.422 e. The third-order valence-corrected chi connectivity index (χ3v) is 16.5. The molecule has 13 rings (SSSR count). The third kappa shape index (κ3) is 13.7. The molecule has 0 atom stereocenters. The van der Waals surface area contributed by atoms with Crippen LogP contribution >= 0.6 is 0 Å². The van der Waals surface area contributed by atoms with Gasteiger partial charge in [-0.25, -0.2) is 19.2 Å². The van der Waals surface area contributed by atoms with E-state index in [1.54, 1.807) is 291 Å². The van der Waals surface area contributed by atoms with E-state index in [4.69, 9.17) is 18.9 Å². The summed E-state index contributed by atoms with van der Waals surface area (Å²) in [7, 11) is 0. The number of hydrogen-bond acceptors (Lipinski definition) is 12. The third-order valence-electron chi connectivity index (χ3n) is 16.5. The number of carbonyl (C=O) groups excluding carboxylic acids is 8. The molecule has 1 aliphatic carbocycles. The zero-order valence-electron chi connectivity index (χ0n) is 51.4. The van der Waals surface area contributed by atoms with Gasteiger partial charge in [0.05, 0.1) is 22.3 Å². The number of carbonyl (C=O) groups is 8. The Morgan fingerprint density at radius 1 is 0.177 bits per heavy atom. The summed E-state index contributed by atoms with van der Waals surface area (Å²) in [5, 5.41) is 0. The van der Waals surface area contributed by atoms with Crippen molar-refractivity contribution in [3.63, 3.8) is 0 Å². The van der Waals surface area contributed by atoms with Gasteiger partial charge in [-0.2, -0.15) is 0 Å².